The van der Waals surface area contributed by atoms with Crippen molar-refractivity contribution in [2.75, 3.05) is 13.1 Å². The number of benzene rings is 1. The Bertz CT molecular complexity index is 402. The summed E-state index contributed by atoms with van der Waals surface area (Å²) in [5.74, 6) is 0.844. The lowest BCUT2D eigenvalue weighted by molar-refractivity contribution is 0.117. The molecule has 1 fully saturated rings. The quantitative estimate of drug-likeness (QED) is 0.794. The summed E-state index contributed by atoms with van der Waals surface area (Å²) in [7, 11) is 0. The summed E-state index contributed by atoms with van der Waals surface area (Å²) < 4.78 is 0. The Morgan fingerprint density at radius 2 is 1.90 bits per heavy atom. The van der Waals surface area contributed by atoms with Crippen molar-refractivity contribution in [3.05, 3.63) is 35.4 Å². The van der Waals surface area contributed by atoms with E-state index in [1.807, 2.05) is 0 Å². The molecule has 0 aliphatic carbocycles. The Hall–Kier alpha value is -0.860. The molecule has 1 aliphatic rings. The lowest BCUT2D eigenvalue weighted by Gasteiger charge is -2.37. The number of nitrogens with zero attached hydrogens (tertiary/aromatic N) is 1. The maximum atomic E-state index is 3.53. The fraction of sp³-hybridized carbons (Fsp3) is 0.667. The van der Waals surface area contributed by atoms with E-state index in [1.165, 1.54) is 36.9 Å². The standard InChI is InChI=1S/C18H30N2/c1-4-11-19-12-17-7-5-6-8-18(17)14-20-13-15(2)9-10-16(20)3/h5-8,15-16,19H,4,9-14H2,1-3H3. The zero-order chi connectivity index (χ0) is 14.4. The van der Waals surface area contributed by atoms with Crippen molar-refractivity contribution in [2.45, 2.75) is 59.2 Å². The van der Waals surface area contributed by atoms with Crippen LogP contribution in [0.3, 0.4) is 0 Å². The Balaban J connectivity index is 2.00. The third kappa shape index (κ3) is 4.32. The first kappa shape index (κ1) is 15.5. The van der Waals surface area contributed by atoms with Crippen molar-refractivity contribution >= 4 is 0 Å². The molecule has 0 spiro atoms. The van der Waals surface area contributed by atoms with Crippen LogP contribution in [0.1, 0.15) is 51.2 Å². The lowest BCUT2D eigenvalue weighted by Crippen LogP contribution is -2.40. The average molecular weight is 274 g/mol. The molecule has 2 heteroatoms. The van der Waals surface area contributed by atoms with E-state index in [0.29, 0.717) is 0 Å². The first-order valence-corrected chi connectivity index (χ1v) is 8.22. The van der Waals surface area contributed by atoms with Gasteiger partial charge in [-0.15, -0.1) is 0 Å². The maximum absolute atomic E-state index is 3.53. The number of likely N-dealkylation sites (tertiary alicyclic amines) is 1. The van der Waals surface area contributed by atoms with Gasteiger partial charge in [0.15, 0.2) is 0 Å². The Kier molecular flexibility index (Phi) is 6.06. The highest BCUT2D eigenvalue weighted by Crippen LogP contribution is 2.24. The van der Waals surface area contributed by atoms with Crippen molar-refractivity contribution < 1.29 is 0 Å². The number of rotatable bonds is 6. The van der Waals surface area contributed by atoms with E-state index in [1.54, 1.807) is 0 Å². The van der Waals surface area contributed by atoms with E-state index < -0.39 is 0 Å². The monoisotopic (exact) mass is 274 g/mol. The van der Waals surface area contributed by atoms with Crippen LogP contribution in [0, 0.1) is 5.92 Å². The largest absolute Gasteiger partial charge is 0.313 e. The summed E-state index contributed by atoms with van der Waals surface area (Å²) in [6.07, 6.45) is 3.93. The molecule has 1 aliphatic heterocycles. The van der Waals surface area contributed by atoms with Crippen LogP contribution in [-0.2, 0) is 13.1 Å². The predicted molar refractivity (Wildman–Crippen MR) is 86.7 cm³/mol. The van der Waals surface area contributed by atoms with Gasteiger partial charge in [-0.1, -0.05) is 38.1 Å². The van der Waals surface area contributed by atoms with Crippen molar-refractivity contribution in [1.82, 2.24) is 10.2 Å². The number of piperidine rings is 1. The van der Waals surface area contributed by atoms with Gasteiger partial charge < -0.3 is 5.32 Å². The van der Waals surface area contributed by atoms with Crippen LogP contribution in [0.25, 0.3) is 0 Å². The molecule has 0 saturated carbocycles. The third-order valence-corrected chi connectivity index (χ3v) is 4.48. The van der Waals surface area contributed by atoms with E-state index in [9.17, 15) is 0 Å². The van der Waals surface area contributed by atoms with E-state index >= 15 is 0 Å². The molecule has 2 nitrogen and oxygen atoms in total. The van der Waals surface area contributed by atoms with Crippen LogP contribution in [0.5, 0.6) is 0 Å². The van der Waals surface area contributed by atoms with Gasteiger partial charge in [0.05, 0.1) is 0 Å². The van der Waals surface area contributed by atoms with E-state index in [2.05, 4.69) is 55.3 Å². The number of nitrogens with one attached hydrogen (secondary N) is 1. The highest BCUT2D eigenvalue weighted by Gasteiger charge is 2.23. The molecule has 1 aromatic carbocycles. The molecule has 112 valence electrons. The first-order valence-electron chi connectivity index (χ1n) is 8.22. The van der Waals surface area contributed by atoms with Gasteiger partial charge in [-0.3, -0.25) is 4.90 Å². The van der Waals surface area contributed by atoms with Crippen LogP contribution in [0.2, 0.25) is 0 Å². The minimum atomic E-state index is 0.725. The minimum Gasteiger partial charge on any atom is -0.313 e. The van der Waals surface area contributed by atoms with Crippen molar-refractivity contribution in [2.24, 2.45) is 5.92 Å². The number of hydrogen-bond acceptors (Lipinski definition) is 2. The predicted octanol–water partition coefficient (Wildman–Crippen LogP) is 3.81. The van der Waals surface area contributed by atoms with Crippen molar-refractivity contribution in [3.8, 4) is 0 Å². The first-order chi connectivity index (χ1) is 9.70. The minimum absolute atomic E-state index is 0.725. The van der Waals surface area contributed by atoms with Gasteiger partial charge in [0, 0.05) is 25.7 Å². The maximum Gasteiger partial charge on any atom is 0.0239 e. The number of hydrogen-bond donors (Lipinski definition) is 1. The molecule has 1 N–H and O–H groups in total. The fourth-order valence-electron chi connectivity index (χ4n) is 3.10. The normalized spacial score (nSPS) is 23.9. The SMILES string of the molecule is CCCNCc1ccccc1CN1CC(C)CCC1C. The zero-order valence-electron chi connectivity index (χ0n) is 13.4. The van der Waals surface area contributed by atoms with Crippen LogP contribution < -0.4 is 5.32 Å². The molecule has 1 saturated heterocycles. The van der Waals surface area contributed by atoms with Crippen molar-refractivity contribution in [3.63, 3.8) is 0 Å². The molecule has 2 rings (SSSR count). The molecule has 1 heterocycles. The third-order valence-electron chi connectivity index (χ3n) is 4.48. The highest BCUT2D eigenvalue weighted by molar-refractivity contribution is 5.27. The molecule has 0 aromatic heterocycles. The Morgan fingerprint density at radius 3 is 2.65 bits per heavy atom. The summed E-state index contributed by atoms with van der Waals surface area (Å²) >= 11 is 0. The topological polar surface area (TPSA) is 15.3 Å². The van der Waals surface area contributed by atoms with Gasteiger partial charge in [-0.05, 0) is 49.8 Å². The van der Waals surface area contributed by atoms with E-state index in [4.69, 9.17) is 0 Å². The Labute approximate surface area is 124 Å². The van der Waals surface area contributed by atoms with Gasteiger partial charge in [-0.2, -0.15) is 0 Å². The molecule has 0 bridgehead atoms. The van der Waals surface area contributed by atoms with E-state index in [0.717, 1.165) is 31.6 Å². The van der Waals surface area contributed by atoms with Crippen LogP contribution in [0.4, 0.5) is 0 Å². The van der Waals surface area contributed by atoms with Crippen LogP contribution in [0.15, 0.2) is 24.3 Å². The molecular weight excluding hydrogens is 244 g/mol. The van der Waals surface area contributed by atoms with Gasteiger partial charge in [-0.25, -0.2) is 0 Å². The molecule has 0 radical (unpaired) electrons. The molecular formula is C18H30N2. The summed E-state index contributed by atoms with van der Waals surface area (Å²) in [6.45, 7) is 11.4. The summed E-state index contributed by atoms with van der Waals surface area (Å²) in [5.41, 5.74) is 2.96. The van der Waals surface area contributed by atoms with Gasteiger partial charge in [0.2, 0.25) is 0 Å². The summed E-state index contributed by atoms with van der Waals surface area (Å²) in [5, 5.41) is 3.53. The second kappa shape index (κ2) is 7.80. The zero-order valence-corrected chi connectivity index (χ0v) is 13.4. The van der Waals surface area contributed by atoms with Gasteiger partial charge in [0.25, 0.3) is 0 Å². The Morgan fingerprint density at radius 1 is 1.15 bits per heavy atom. The van der Waals surface area contributed by atoms with Gasteiger partial charge >= 0.3 is 0 Å². The second-order valence-corrected chi connectivity index (χ2v) is 6.41. The highest BCUT2D eigenvalue weighted by atomic mass is 15.2. The molecule has 1 aromatic rings. The van der Waals surface area contributed by atoms with Crippen LogP contribution in [-0.4, -0.2) is 24.0 Å². The van der Waals surface area contributed by atoms with Crippen LogP contribution >= 0.6 is 0 Å². The molecule has 2 unspecified atom stereocenters. The fourth-order valence-corrected chi connectivity index (χ4v) is 3.10. The summed E-state index contributed by atoms with van der Waals surface area (Å²) in [6, 6.07) is 9.64. The lowest BCUT2D eigenvalue weighted by atomic mass is 9.94. The van der Waals surface area contributed by atoms with E-state index in [-0.39, 0.29) is 0 Å². The van der Waals surface area contributed by atoms with Gasteiger partial charge in [0.1, 0.15) is 0 Å². The average Bonchev–Trinajstić information content (AvgIpc) is 2.45. The molecule has 2 atom stereocenters. The van der Waals surface area contributed by atoms with Crippen molar-refractivity contribution in [1.29, 1.82) is 0 Å². The second-order valence-electron chi connectivity index (χ2n) is 6.41. The summed E-state index contributed by atoms with van der Waals surface area (Å²) in [4.78, 5) is 2.66. The molecule has 0 amide bonds. The smallest absolute Gasteiger partial charge is 0.0239 e. The molecule has 20 heavy (non-hydrogen) atoms.